The molecule has 12 heteroatoms. The summed E-state index contributed by atoms with van der Waals surface area (Å²) in [6.45, 7) is 17.0. The van der Waals surface area contributed by atoms with Gasteiger partial charge >= 0.3 is 0 Å². The van der Waals surface area contributed by atoms with Gasteiger partial charge in [0.25, 0.3) is 19.0 Å². The minimum atomic E-state index is 0.961. The Hall–Kier alpha value is -13.3. The topological polar surface area (TPSA) is 107 Å². The van der Waals surface area contributed by atoms with Gasteiger partial charge in [-0.25, -0.2) is 13.7 Å². The fraction of sp³-hybridized carbons (Fsp3) is 0.121. The van der Waals surface area contributed by atoms with Crippen LogP contribution in [0.3, 0.4) is 0 Å². The molecule has 0 bridgehead atoms. The number of fused-ring (bicyclic) bond motifs is 22. The third-order valence-electron chi connectivity index (χ3n) is 22.8. The number of hydrogen-bond donors (Lipinski definition) is 0. The van der Waals surface area contributed by atoms with Gasteiger partial charge < -0.3 is 17.7 Å². The molecule has 0 spiro atoms. The molecule has 0 saturated heterocycles. The second kappa shape index (κ2) is 26.8. The lowest BCUT2D eigenvalue weighted by Gasteiger charge is -2.10. The molecule has 11 nitrogen and oxygen atoms in total. The molecule has 0 saturated carbocycles. The predicted molar refractivity (Wildman–Crippen MR) is 456 cm³/mol. The van der Waals surface area contributed by atoms with Gasteiger partial charge in [0.15, 0.2) is 22.6 Å². The first kappa shape index (κ1) is 68.3. The van der Waals surface area contributed by atoms with E-state index in [0.717, 1.165) is 106 Å². The van der Waals surface area contributed by atoms with Gasteiger partial charge in [-0.3, -0.25) is 0 Å². The Balaban J connectivity index is 0.000000100. The molecule has 13 aromatic carbocycles. The lowest BCUT2D eigenvalue weighted by molar-refractivity contribution is -0.663. The molecule has 111 heavy (non-hydrogen) atoms. The van der Waals surface area contributed by atoms with Crippen LogP contribution in [0.1, 0.15) is 44.8 Å². The lowest BCUT2D eigenvalue weighted by atomic mass is 9.97. The van der Waals surface area contributed by atoms with E-state index in [1.54, 1.807) is 11.3 Å². The first-order chi connectivity index (χ1) is 54.0. The van der Waals surface area contributed by atoms with Crippen molar-refractivity contribution in [2.45, 2.75) is 55.4 Å². The van der Waals surface area contributed by atoms with Gasteiger partial charge in [-0.1, -0.05) is 143 Å². The summed E-state index contributed by atoms with van der Waals surface area (Å²) in [5, 5.41) is 22.3. The first-order valence-electron chi connectivity index (χ1n) is 37.6. The number of aryl methyl sites for hydroxylation is 12. The van der Waals surface area contributed by atoms with Gasteiger partial charge in [0.1, 0.15) is 67.8 Å². The van der Waals surface area contributed by atoms with E-state index in [1.165, 1.54) is 136 Å². The van der Waals surface area contributed by atoms with Gasteiger partial charge in [0.05, 0.1) is 32.1 Å². The number of hydrogen-bond acceptors (Lipinski definition) is 8. The molecule has 0 aliphatic carbocycles. The van der Waals surface area contributed by atoms with Crippen molar-refractivity contribution in [3.63, 3.8) is 0 Å². The molecule has 0 aliphatic rings. The van der Waals surface area contributed by atoms with Crippen LogP contribution < -0.4 is 18.3 Å². The van der Waals surface area contributed by atoms with Crippen molar-refractivity contribution in [3.05, 3.63) is 306 Å². The molecule has 0 N–H and O–H groups in total. The number of aromatic nitrogens is 7. The summed E-state index contributed by atoms with van der Waals surface area (Å²) in [4.78, 5) is 13.3. The minimum Gasteiger partial charge on any atom is -0.455 e. The largest absolute Gasteiger partial charge is 0.455 e. The Labute approximate surface area is 644 Å². The van der Waals surface area contributed by atoms with Crippen LogP contribution in [0.15, 0.2) is 279 Å². The number of nitrogens with zero attached hydrogens (tertiary/aromatic N) is 7. The van der Waals surface area contributed by atoms with E-state index >= 15 is 0 Å². The van der Waals surface area contributed by atoms with E-state index in [1.807, 2.05) is 46.9 Å². The number of pyridine rings is 1. The predicted octanol–water partition coefficient (Wildman–Crippen LogP) is 23.9. The van der Waals surface area contributed by atoms with E-state index in [2.05, 4.69) is 331 Å². The fourth-order valence-electron chi connectivity index (χ4n) is 17.1. The molecule has 0 aliphatic heterocycles. The first-order valence-corrected chi connectivity index (χ1v) is 38.5. The van der Waals surface area contributed by atoms with E-state index in [4.69, 9.17) is 17.7 Å². The monoisotopic (exact) mass is 1460 g/mol. The molecule has 22 aromatic rings. The molecule has 0 fully saturated rings. The van der Waals surface area contributed by atoms with Crippen LogP contribution in [0, 0.1) is 55.4 Å². The molecular weight excluding hydrogens is 1380 g/mol. The number of thiophene rings is 1. The molecule has 536 valence electrons. The van der Waals surface area contributed by atoms with Crippen molar-refractivity contribution < 1.29 is 35.9 Å². The second-order valence-electron chi connectivity index (χ2n) is 29.7. The van der Waals surface area contributed by atoms with Crippen LogP contribution in [0.2, 0.25) is 0 Å². The van der Waals surface area contributed by atoms with Crippen LogP contribution >= 0.6 is 11.3 Å². The average Bonchev–Trinajstić information content (AvgIpc) is 1.68. The molecule has 0 unspecified atom stereocenters. The lowest BCUT2D eigenvalue weighted by Crippen LogP contribution is -2.32. The van der Waals surface area contributed by atoms with Crippen LogP contribution in [0.25, 0.3) is 197 Å². The van der Waals surface area contributed by atoms with Crippen molar-refractivity contribution in [3.8, 4) is 45.0 Å². The zero-order valence-corrected chi connectivity index (χ0v) is 64.8. The van der Waals surface area contributed by atoms with Crippen LogP contribution in [-0.4, -0.2) is 15.0 Å². The van der Waals surface area contributed by atoms with Crippen LogP contribution in [0.4, 0.5) is 0 Å². The number of rotatable bonds is 4. The molecule has 9 heterocycles. The maximum Gasteiger partial charge on any atom is 0.287 e. The summed E-state index contributed by atoms with van der Waals surface area (Å²) in [6.07, 6.45) is 5.61. The summed E-state index contributed by atoms with van der Waals surface area (Å²) >= 11 is 1.73. The van der Waals surface area contributed by atoms with Gasteiger partial charge in [-0.2, -0.15) is 4.57 Å². The molecule has 0 radical (unpaired) electrons. The zero-order chi connectivity index (χ0) is 75.8. The quantitative estimate of drug-likeness (QED) is 0.162. The summed E-state index contributed by atoms with van der Waals surface area (Å²) in [5.74, 6) is 0. The fourth-order valence-corrected chi connectivity index (χ4v) is 18.0. The second-order valence-corrected chi connectivity index (χ2v) is 30.6. The van der Waals surface area contributed by atoms with Crippen molar-refractivity contribution in [2.24, 2.45) is 28.2 Å². The van der Waals surface area contributed by atoms with E-state index in [9.17, 15) is 0 Å². The number of furan rings is 4. The highest BCUT2D eigenvalue weighted by Crippen LogP contribution is 2.44. The van der Waals surface area contributed by atoms with Gasteiger partial charge in [0.2, 0.25) is 11.2 Å². The maximum atomic E-state index is 6.53. The maximum absolute atomic E-state index is 6.53. The average molecular weight is 1460 g/mol. The smallest absolute Gasteiger partial charge is 0.287 e. The van der Waals surface area contributed by atoms with E-state index in [-0.39, 0.29) is 0 Å². The van der Waals surface area contributed by atoms with E-state index in [0.29, 0.717) is 0 Å². The molecule has 0 atom stereocenters. The Kier molecular flexibility index (Phi) is 16.5. The Bertz CT molecular complexity index is 7440. The Morgan fingerprint density at radius 1 is 0.288 bits per heavy atom. The van der Waals surface area contributed by atoms with Crippen molar-refractivity contribution >= 4 is 163 Å². The summed E-state index contributed by atoms with van der Waals surface area (Å²) in [5.41, 5.74) is 28.7. The highest BCUT2D eigenvalue weighted by Gasteiger charge is 2.26. The highest BCUT2D eigenvalue weighted by molar-refractivity contribution is 7.17. The molecule has 22 rings (SSSR count). The van der Waals surface area contributed by atoms with Crippen LogP contribution in [0.5, 0.6) is 0 Å². The van der Waals surface area contributed by atoms with Crippen molar-refractivity contribution in [1.29, 1.82) is 0 Å². The summed E-state index contributed by atoms with van der Waals surface area (Å²) in [7, 11) is 8.26. The Morgan fingerprint density at radius 2 is 0.640 bits per heavy atom. The van der Waals surface area contributed by atoms with Gasteiger partial charge in [0, 0.05) is 148 Å². The third kappa shape index (κ3) is 11.2. The summed E-state index contributed by atoms with van der Waals surface area (Å²) < 4.78 is 35.5. The molecule has 0 amide bonds. The third-order valence-corrected chi connectivity index (χ3v) is 23.7. The number of benzene rings is 13. The SMILES string of the molecule is Cc1c(-c2c3sccc3nc[n+]2C)ccc2c1oc1c3ccccc3ccc21.Cc1c(-c2cc(C)c3c(C)cccc3[n+]2C)ccc2c1oc1c3ccccc3ccc21.Cc1cc(-c2ccc3c(oc4c5ccccc5ccc34)c2C)[n+](C)cn1.Cc1cc(-c2ccc3c(oc4c5ccccc5ccc34)c2C)[n+](C)cn1. The van der Waals surface area contributed by atoms with Gasteiger partial charge in [-0.05, 0) is 157 Å². The van der Waals surface area contributed by atoms with E-state index < -0.39 is 0 Å². The van der Waals surface area contributed by atoms with Crippen molar-refractivity contribution in [1.82, 2.24) is 15.0 Å². The highest BCUT2D eigenvalue weighted by atomic mass is 32.1. The van der Waals surface area contributed by atoms with Gasteiger partial charge in [-0.15, -0.1) is 11.3 Å². The zero-order valence-electron chi connectivity index (χ0n) is 64.0. The minimum absolute atomic E-state index is 0.961. The van der Waals surface area contributed by atoms with Crippen molar-refractivity contribution in [2.75, 3.05) is 0 Å². The summed E-state index contributed by atoms with van der Waals surface area (Å²) in [6, 6.07) is 83.7. The standard InChI is InChI=1S/C29H24NO.C24H17N2OS.2C23H19N2O/c1-17-8-7-11-25-27(17)18(2)16-26(30(25)4)21-14-15-23-24-13-12-20-9-5-6-10-22(20)29(24)31-28(23)19(21)3;1-14-16(21-24-20(11-12-28-24)25-13-26(21)2)9-10-18-19-8-7-15-5-3-4-6-17(15)23(19)27-22(14)18;2*1-14-12-21(25(3)13-24-14)17-10-11-19-20-9-8-16-6-4-5-7-18(16)23(20)26-22(19)15(17)2/h5-16H,1-4H3;3-13H,1-2H3;2*4-13H,1-3H3/q4*+1. The normalized spacial score (nSPS) is 11.8. The Morgan fingerprint density at radius 3 is 1.05 bits per heavy atom. The van der Waals surface area contributed by atoms with Crippen LogP contribution in [-0.2, 0) is 28.2 Å². The molecular formula is C99H79N7O4S+4. The molecule has 9 aromatic heterocycles.